The minimum absolute atomic E-state index is 0.0354. The van der Waals surface area contributed by atoms with Crippen molar-refractivity contribution in [2.45, 2.75) is 96.9 Å². The van der Waals surface area contributed by atoms with Gasteiger partial charge in [-0.25, -0.2) is 0 Å². The normalized spacial score (nSPS) is 13.7. The quantitative estimate of drug-likeness (QED) is 0.0807. The molecular weight excluding hydrogens is 809 g/mol. The van der Waals surface area contributed by atoms with Crippen LogP contribution in [0.4, 0.5) is 0 Å². The van der Waals surface area contributed by atoms with E-state index in [-0.39, 0.29) is 92.5 Å². The fourth-order valence-electron chi connectivity index (χ4n) is 4.39. The van der Waals surface area contributed by atoms with E-state index >= 15 is 0 Å². The van der Waals surface area contributed by atoms with Gasteiger partial charge in [-0.2, -0.15) is 0 Å². The molecule has 25 heteroatoms. The fourth-order valence-corrected chi connectivity index (χ4v) is 23.6. The van der Waals surface area contributed by atoms with Crippen molar-refractivity contribution in [3.63, 3.8) is 0 Å². The first-order chi connectivity index (χ1) is 25.4. The van der Waals surface area contributed by atoms with Gasteiger partial charge in [-0.3, -0.25) is 0 Å². The Bertz CT molecular complexity index is 778. The fraction of sp³-hybridized carbons (Fsp3) is 1.00. The van der Waals surface area contributed by atoms with Gasteiger partial charge in [-0.15, -0.1) is 0 Å². The molecule has 0 heterocycles. The van der Waals surface area contributed by atoms with E-state index in [1.807, 2.05) is 0 Å². The summed E-state index contributed by atoms with van der Waals surface area (Å²) >= 11 is 0. The predicted octanol–water partition coefficient (Wildman–Crippen LogP) is 4.19. The highest BCUT2D eigenvalue weighted by atomic mass is 28.6. The van der Waals surface area contributed by atoms with E-state index in [1.54, 1.807) is 96.9 Å². The molecular formula is C28H70O19Si6. The molecule has 19 nitrogen and oxygen atoms in total. The largest absolute Gasteiger partial charge is 0.673 e. The summed E-state index contributed by atoms with van der Waals surface area (Å²) in [4.78, 5) is 0. The molecule has 0 saturated carbocycles. The maximum Gasteiger partial charge on any atom is 0.673 e. The first-order valence-corrected chi connectivity index (χ1v) is 28.6. The van der Waals surface area contributed by atoms with Crippen molar-refractivity contribution < 1.29 is 82.5 Å². The van der Waals surface area contributed by atoms with Crippen LogP contribution < -0.4 is 0 Å². The molecule has 0 amide bonds. The molecule has 0 rings (SSSR count). The lowest BCUT2D eigenvalue weighted by Crippen LogP contribution is -2.73. The third kappa shape index (κ3) is 17.9. The van der Waals surface area contributed by atoms with Gasteiger partial charge >= 0.3 is 54.3 Å². The van der Waals surface area contributed by atoms with Gasteiger partial charge in [-0.1, -0.05) is 0 Å². The van der Waals surface area contributed by atoms with E-state index < -0.39 is 54.3 Å². The summed E-state index contributed by atoms with van der Waals surface area (Å²) in [5, 5.41) is 0. The van der Waals surface area contributed by atoms with E-state index in [2.05, 4.69) is 0 Å². The zero-order valence-electron chi connectivity index (χ0n) is 34.7. The molecule has 0 unspecified atom stereocenters. The van der Waals surface area contributed by atoms with Crippen LogP contribution in [0.2, 0.25) is 0 Å². The molecule has 0 saturated heterocycles. The Kier molecular flexibility index (Phi) is 29.2. The van der Waals surface area contributed by atoms with Crippen molar-refractivity contribution in [3.05, 3.63) is 0 Å². The van der Waals surface area contributed by atoms with Crippen LogP contribution in [0.1, 0.15) is 96.9 Å². The second kappa shape index (κ2) is 28.9. The minimum Gasteiger partial charge on any atom is -0.352 e. The summed E-state index contributed by atoms with van der Waals surface area (Å²) in [5.74, 6) is 0. The summed E-state index contributed by atoms with van der Waals surface area (Å²) in [7, 11) is -26.2. The molecule has 0 N–H and O–H groups in total. The van der Waals surface area contributed by atoms with E-state index in [0.717, 1.165) is 0 Å². The second-order valence-corrected chi connectivity index (χ2v) is 23.7. The van der Waals surface area contributed by atoms with Gasteiger partial charge in [0, 0.05) is 92.5 Å². The van der Waals surface area contributed by atoms with Gasteiger partial charge in [0.15, 0.2) is 0 Å². The minimum atomic E-state index is -4.63. The lowest BCUT2D eigenvalue weighted by molar-refractivity contribution is -0.0916. The van der Waals surface area contributed by atoms with Crippen molar-refractivity contribution >= 4 is 54.3 Å². The van der Waals surface area contributed by atoms with Gasteiger partial charge in [0.2, 0.25) is 0 Å². The molecule has 0 aliphatic rings. The molecule has 0 aromatic rings. The zero-order valence-corrected chi connectivity index (χ0v) is 40.7. The van der Waals surface area contributed by atoms with Gasteiger partial charge in [0.1, 0.15) is 0 Å². The zero-order chi connectivity index (χ0) is 40.3. The average Bonchev–Trinajstić information content (AvgIpc) is 3.06. The Morgan fingerprint density at radius 1 is 0.170 bits per heavy atom. The van der Waals surface area contributed by atoms with Crippen LogP contribution in [0.15, 0.2) is 0 Å². The molecule has 0 aliphatic heterocycles. The molecule has 0 fully saturated rings. The molecule has 53 heavy (non-hydrogen) atoms. The number of rotatable bonds is 38. The first kappa shape index (κ1) is 53.5. The predicted molar refractivity (Wildman–Crippen MR) is 203 cm³/mol. The molecule has 0 radical (unpaired) electrons. The number of hydrogen-bond acceptors (Lipinski definition) is 19. The number of hydrogen-bond donors (Lipinski definition) is 0. The summed E-state index contributed by atoms with van der Waals surface area (Å²) < 4.78 is 120. The van der Waals surface area contributed by atoms with Crippen LogP contribution in [0.5, 0.6) is 0 Å². The molecule has 0 aliphatic carbocycles. The monoisotopic (exact) mass is 878 g/mol. The Morgan fingerprint density at radius 2 is 0.264 bits per heavy atom. The Hall–Kier alpha value is 0.541. The molecule has 0 atom stereocenters. The molecule has 320 valence electrons. The molecule has 0 aromatic heterocycles. The first-order valence-electron chi connectivity index (χ1n) is 18.8. The maximum absolute atomic E-state index is 6.79. The van der Waals surface area contributed by atoms with Crippen LogP contribution in [0.3, 0.4) is 0 Å². The van der Waals surface area contributed by atoms with Crippen molar-refractivity contribution in [1.82, 2.24) is 0 Å². The highest BCUT2D eigenvalue weighted by molar-refractivity contribution is 6.80. The third-order valence-electron chi connectivity index (χ3n) is 5.75. The van der Waals surface area contributed by atoms with Crippen LogP contribution in [-0.2, 0) is 82.5 Å². The maximum atomic E-state index is 6.79. The summed E-state index contributed by atoms with van der Waals surface area (Å²) in [5.41, 5.74) is 0. The van der Waals surface area contributed by atoms with Crippen LogP contribution in [-0.4, -0.2) is 147 Å². The van der Waals surface area contributed by atoms with Gasteiger partial charge in [0.05, 0.1) is 0 Å². The van der Waals surface area contributed by atoms with E-state index in [0.29, 0.717) is 0 Å². The van der Waals surface area contributed by atoms with Gasteiger partial charge in [-0.05, 0) is 96.9 Å². The summed E-state index contributed by atoms with van der Waals surface area (Å²) in [6, 6.07) is 0. The molecule has 0 spiro atoms. The van der Waals surface area contributed by atoms with Crippen molar-refractivity contribution in [2.75, 3.05) is 92.5 Å². The van der Waals surface area contributed by atoms with Crippen molar-refractivity contribution in [3.8, 4) is 0 Å². The standard InChI is InChI=1S/C28H70O19Si6/c1-15-29-48(30-16-2,31-17-3)43-50(35-21-7,36-22-8)45-52(39-25-11,40-26-12)47-53(41-27-13,42-28-14)46-51(37-23-9,38-24-10)44-49(32-18-4,33-19-5)34-20-6/h15-28H2,1-14H3. The van der Waals surface area contributed by atoms with Crippen LogP contribution in [0.25, 0.3) is 0 Å². The second-order valence-electron chi connectivity index (χ2n) is 9.57. The Labute approximate surface area is 325 Å². The van der Waals surface area contributed by atoms with Crippen LogP contribution in [0, 0.1) is 0 Å². The Morgan fingerprint density at radius 3 is 0.377 bits per heavy atom. The van der Waals surface area contributed by atoms with E-state index in [1.165, 1.54) is 0 Å². The highest BCUT2D eigenvalue weighted by Gasteiger charge is 2.72. The lowest BCUT2D eigenvalue weighted by Gasteiger charge is -2.42. The van der Waals surface area contributed by atoms with Gasteiger partial charge in [0.25, 0.3) is 0 Å². The van der Waals surface area contributed by atoms with E-state index in [9.17, 15) is 0 Å². The van der Waals surface area contributed by atoms with Gasteiger partial charge < -0.3 is 82.5 Å². The topological polar surface area (TPSA) is 175 Å². The average molecular weight is 879 g/mol. The van der Waals surface area contributed by atoms with Crippen molar-refractivity contribution in [1.29, 1.82) is 0 Å². The smallest absolute Gasteiger partial charge is 0.352 e. The third-order valence-corrected chi connectivity index (χ3v) is 24.7. The van der Waals surface area contributed by atoms with Crippen LogP contribution >= 0.6 is 0 Å². The Balaban J connectivity index is 7.82. The lowest BCUT2D eigenvalue weighted by atomic mass is 10.9. The van der Waals surface area contributed by atoms with E-state index in [4.69, 9.17) is 82.5 Å². The SMILES string of the molecule is CCO[Si](OCC)(OCC)O[Si](OCC)(OCC)O[Si](OCC)(OCC)O[Si](OCC)(OCC)O[Si](OCC)(OCC)O[Si](OCC)(OCC)OCC. The molecule has 0 aromatic carbocycles. The molecule has 0 bridgehead atoms. The van der Waals surface area contributed by atoms with Crippen molar-refractivity contribution in [2.24, 2.45) is 0 Å². The highest BCUT2D eigenvalue weighted by Crippen LogP contribution is 2.33. The summed E-state index contributed by atoms with van der Waals surface area (Å²) in [6.45, 7) is 26.3. The summed E-state index contributed by atoms with van der Waals surface area (Å²) in [6.07, 6.45) is 0.